The summed E-state index contributed by atoms with van der Waals surface area (Å²) in [5.41, 5.74) is 1.89. The molecule has 210 valence electrons. The van der Waals surface area contributed by atoms with Crippen molar-refractivity contribution in [3.8, 4) is 0 Å². The zero-order valence-corrected chi connectivity index (χ0v) is 23.0. The molecule has 39 heavy (non-hydrogen) atoms. The lowest BCUT2D eigenvalue weighted by molar-refractivity contribution is 0.0519. The number of nitrogens with one attached hydrogen (secondary N) is 4. The van der Waals surface area contributed by atoms with Gasteiger partial charge in [0.25, 0.3) is 5.91 Å². The normalized spacial score (nSPS) is 10.8. The van der Waals surface area contributed by atoms with Crippen molar-refractivity contribution in [3.05, 3.63) is 71.8 Å². The molecule has 4 N–H and O–H groups in total. The van der Waals surface area contributed by atoms with Crippen LogP contribution in [0.4, 0.5) is 17.8 Å². The summed E-state index contributed by atoms with van der Waals surface area (Å²) >= 11 is 0. The van der Waals surface area contributed by atoms with E-state index in [9.17, 15) is 4.79 Å². The van der Waals surface area contributed by atoms with Gasteiger partial charge in [0.15, 0.2) is 0 Å². The molecule has 0 aliphatic carbocycles. The van der Waals surface area contributed by atoms with Gasteiger partial charge in [-0.15, -0.1) is 0 Å². The summed E-state index contributed by atoms with van der Waals surface area (Å²) in [6, 6.07) is 19.7. The highest BCUT2D eigenvalue weighted by Gasteiger charge is 2.10. The molecule has 0 aliphatic rings. The van der Waals surface area contributed by atoms with Gasteiger partial charge in [0.2, 0.25) is 17.8 Å². The minimum atomic E-state index is -0.104. The third kappa shape index (κ3) is 11.7. The van der Waals surface area contributed by atoms with E-state index in [2.05, 4.69) is 62.2 Å². The van der Waals surface area contributed by atoms with Gasteiger partial charge in [0.1, 0.15) is 0 Å². The van der Waals surface area contributed by atoms with E-state index >= 15 is 0 Å². The average molecular weight is 536 g/mol. The number of carbonyl (C=O) groups excluding carboxylic acids is 1. The van der Waals surface area contributed by atoms with Gasteiger partial charge in [-0.2, -0.15) is 15.0 Å². The lowest BCUT2D eigenvalue weighted by atomic mass is 10.1. The molecule has 0 fully saturated rings. The van der Waals surface area contributed by atoms with E-state index < -0.39 is 0 Å². The number of aromatic nitrogens is 3. The Kier molecular flexibility index (Phi) is 13.5. The molecule has 0 aliphatic heterocycles. The van der Waals surface area contributed by atoms with Crippen molar-refractivity contribution in [2.24, 2.45) is 0 Å². The van der Waals surface area contributed by atoms with Gasteiger partial charge >= 0.3 is 0 Å². The first-order valence-electron chi connectivity index (χ1n) is 13.7. The molecule has 1 aromatic heterocycles. The first-order chi connectivity index (χ1) is 19.2. The largest absolute Gasteiger partial charge is 0.377 e. The smallest absolute Gasteiger partial charge is 0.251 e. The van der Waals surface area contributed by atoms with Crippen LogP contribution >= 0.6 is 0 Å². The van der Waals surface area contributed by atoms with E-state index in [0.717, 1.165) is 25.8 Å². The summed E-state index contributed by atoms with van der Waals surface area (Å²) in [6.07, 6.45) is 2.84. The van der Waals surface area contributed by atoms with Gasteiger partial charge in [-0.3, -0.25) is 4.79 Å². The lowest BCUT2D eigenvalue weighted by Crippen LogP contribution is -2.27. The van der Waals surface area contributed by atoms with Crippen LogP contribution in [0.5, 0.6) is 0 Å². The fourth-order valence-corrected chi connectivity index (χ4v) is 3.72. The number of carbonyl (C=O) groups is 1. The number of ether oxygens (including phenoxy) is 2. The molecule has 1 amide bonds. The topological polar surface area (TPSA) is 122 Å². The van der Waals surface area contributed by atoms with Gasteiger partial charge in [-0.05, 0) is 37.0 Å². The summed E-state index contributed by atoms with van der Waals surface area (Å²) in [4.78, 5) is 25.6. The molecule has 0 unspecified atom stereocenters. The van der Waals surface area contributed by atoms with Crippen molar-refractivity contribution >= 4 is 23.8 Å². The van der Waals surface area contributed by atoms with Gasteiger partial charge in [0.05, 0.1) is 26.4 Å². The standard InChI is InChI=1S/C29H41N7O3/c1-3-25(4-2)33-29-35-27(31-16-15-23-11-7-5-8-12-23)34-28(36-29)32-18-20-39-22-21-38-19-17-30-26(37)24-13-9-6-10-14-24/h5-14,25H,3-4,15-22H2,1-2H3,(H,30,37)(H3,31,32,33,34,35,36). The molecule has 2 aromatic carbocycles. The first-order valence-corrected chi connectivity index (χ1v) is 13.7. The molecule has 0 saturated heterocycles. The molecule has 10 heteroatoms. The second kappa shape index (κ2) is 17.7. The van der Waals surface area contributed by atoms with E-state index in [0.29, 0.717) is 69.0 Å². The van der Waals surface area contributed by atoms with Gasteiger partial charge < -0.3 is 30.7 Å². The fourth-order valence-electron chi connectivity index (χ4n) is 3.72. The molecular weight excluding hydrogens is 494 g/mol. The van der Waals surface area contributed by atoms with Crippen LogP contribution in [0.25, 0.3) is 0 Å². The molecule has 3 rings (SSSR count). The number of hydrogen-bond donors (Lipinski definition) is 4. The summed E-state index contributed by atoms with van der Waals surface area (Å²) < 4.78 is 11.2. The summed E-state index contributed by atoms with van der Waals surface area (Å²) in [6.45, 7) is 7.81. The number of rotatable bonds is 19. The van der Waals surface area contributed by atoms with Crippen LogP contribution in [0.1, 0.15) is 42.6 Å². The summed E-state index contributed by atoms with van der Waals surface area (Å²) in [5, 5.41) is 12.8. The van der Waals surface area contributed by atoms with E-state index in [1.807, 2.05) is 36.4 Å². The molecule has 0 spiro atoms. The molecule has 0 saturated carbocycles. The second-order valence-corrected chi connectivity index (χ2v) is 8.90. The van der Waals surface area contributed by atoms with Crippen LogP contribution in [0.2, 0.25) is 0 Å². The number of benzene rings is 2. The maximum atomic E-state index is 12.0. The second-order valence-electron chi connectivity index (χ2n) is 8.90. The van der Waals surface area contributed by atoms with Crippen molar-refractivity contribution in [3.63, 3.8) is 0 Å². The Morgan fingerprint density at radius 2 is 1.28 bits per heavy atom. The highest BCUT2D eigenvalue weighted by molar-refractivity contribution is 5.94. The van der Waals surface area contributed by atoms with Crippen molar-refractivity contribution in [1.82, 2.24) is 20.3 Å². The SMILES string of the molecule is CCC(CC)Nc1nc(NCCOCCOCCNC(=O)c2ccccc2)nc(NCCc2ccccc2)n1. The predicted octanol–water partition coefficient (Wildman–Crippen LogP) is 4.00. The van der Waals surface area contributed by atoms with Crippen molar-refractivity contribution < 1.29 is 14.3 Å². The Labute approximate surface area is 231 Å². The Hall–Kier alpha value is -3.76. The van der Waals surface area contributed by atoms with Gasteiger partial charge in [-0.1, -0.05) is 62.4 Å². The molecular formula is C29H41N7O3. The first kappa shape index (κ1) is 29.8. The van der Waals surface area contributed by atoms with E-state index in [-0.39, 0.29) is 5.91 Å². The summed E-state index contributed by atoms with van der Waals surface area (Å²) in [7, 11) is 0. The van der Waals surface area contributed by atoms with Crippen molar-refractivity contribution in [1.29, 1.82) is 0 Å². The average Bonchev–Trinajstić information content (AvgIpc) is 2.97. The Bertz CT molecular complexity index is 1080. The number of anilines is 3. The van der Waals surface area contributed by atoms with Crippen LogP contribution in [0.3, 0.4) is 0 Å². The number of nitrogens with zero attached hydrogens (tertiary/aromatic N) is 3. The maximum absolute atomic E-state index is 12.0. The zero-order chi connectivity index (χ0) is 27.5. The molecule has 0 radical (unpaired) electrons. The van der Waals surface area contributed by atoms with Crippen LogP contribution in [0, 0.1) is 0 Å². The van der Waals surface area contributed by atoms with Crippen LogP contribution in [-0.4, -0.2) is 73.0 Å². The minimum absolute atomic E-state index is 0.104. The fraction of sp³-hybridized carbons (Fsp3) is 0.448. The molecule has 3 aromatic rings. The third-order valence-corrected chi connectivity index (χ3v) is 5.96. The monoisotopic (exact) mass is 535 g/mol. The van der Waals surface area contributed by atoms with Crippen LogP contribution < -0.4 is 21.3 Å². The van der Waals surface area contributed by atoms with Crippen LogP contribution in [0.15, 0.2) is 60.7 Å². The van der Waals surface area contributed by atoms with Gasteiger partial charge in [-0.25, -0.2) is 0 Å². The predicted molar refractivity (Wildman–Crippen MR) is 155 cm³/mol. The Morgan fingerprint density at radius 3 is 1.92 bits per heavy atom. The zero-order valence-electron chi connectivity index (χ0n) is 23.0. The number of amides is 1. The lowest BCUT2D eigenvalue weighted by Gasteiger charge is -2.16. The number of hydrogen-bond acceptors (Lipinski definition) is 9. The van der Waals surface area contributed by atoms with E-state index in [1.165, 1.54) is 5.56 Å². The molecule has 0 bridgehead atoms. The Balaban J connectivity index is 1.35. The van der Waals surface area contributed by atoms with Crippen molar-refractivity contribution in [2.75, 3.05) is 62.0 Å². The molecule has 10 nitrogen and oxygen atoms in total. The maximum Gasteiger partial charge on any atom is 0.251 e. The summed E-state index contributed by atoms with van der Waals surface area (Å²) in [5.74, 6) is 1.48. The minimum Gasteiger partial charge on any atom is -0.377 e. The van der Waals surface area contributed by atoms with E-state index in [4.69, 9.17) is 9.47 Å². The molecule has 1 heterocycles. The third-order valence-electron chi connectivity index (χ3n) is 5.96. The highest BCUT2D eigenvalue weighted by Crippen LogP contribution is 2.13. The quantitative estimate of drug-likeness (QED) is 0.169. The highest BCUT2D eigenvalue weighted by atomic mass is 16.5. The van der Waals surface area contributed by atoms with Crippen molar-refractivity contribution in [2.45, 2.75) is 39.2 Å². The van der Waals surface area contributed by atoms with E-state index in [1.54, 1.807) is 12.1 Å². The van der Waals surface area contributed by atoms with Crippen LogP contribution in [-0.2, 0) is 15.9 Å². The van der Waals surface area contributed by atoms with Gasteiger partial charge in [0, 0.05) is 31.2 Å². The molecule has 0 atom stereocenters. The Morgan fingerprint density at radius 1 is 0.718 bits per heavy atom.